The lowest BCUT2D eigenvalue weighted by Crippen LogP contribution is -2.57. The van der Waals surface area contributed by atoms with Gasteiger partial charge in [-0.25, -0.2) is 0 Å². The molecule has 30 heavy (non-hydrogen) atoms. The molecule has 4 aliphatic carbocycles. The van der Waals surface area contributed by atoms with Crippen LogP contribution >= 0.6 is 0 Å². The Morgan fingerprint density at radius 1 is 0.900 bits per heavy atom. The molecule has 1 saturated carbocycles. The van der Waals surface area contributed by atoms with E-state index in [1.54, 1.807) is 6.08 Å². The van der Waals surface area contributed by atoms with Crippen LogP contribution in [0.1, 0.15) is 6.42 Å². The fraction of sp³-hybridized carbons (Fsp3) is 0.320. The first kappa shape index (κ1) is 16.9. The Kier molecular flexibility index (Phi) is 3.05. The van der Waals surface area contributed by atoms with Crippen LogP contribution in [0.2, 0.25) is 0 Å². The highest BCUT2D eigenvalue weighted by molar-refractivity contribution is 6.07. The molecule has 7 rings (SSSR count). The Morgan fingerprint density at radius 2 is 1.53 bits per heavy atom. The third-order valence-corrected chi connectivity index (χ3v) is 7.64. The Bertz CT molecular complexity index is 1180. The minimum atomic E-state index is -1.44. The summed E-state index contributed by atoms with van der Waals surface area (Å²) >= 11 is 0. The van der Waals surface area contributed by atoms with Crippen molar-refractivity contribution < 1.29 is 24.5 Å². The van der Waals surface area contributed by atoms with E-state index in [9.17, 15) is 15.0 Å². The predicted molar refractivity (Wildman–Crippen MR) is 109 cm³/mol. The number of allylic oxidation sites excluding steroid dienone is 3. The number of aliphatic hydroxyl groups is 2. The molecule has 1 aliphatic heterocycles. The molecule has 0 unspecified atom stereocenters. The average molecular weight is 400 g/mol. The van der Waals surface area contributed by atoms with Crippen LogP contribution in [0.5, 0.6) is 11.5 Å². The van der Waals surface area contributed by atoms with E-state index >= 15 is 0 Å². The van der Waals surface area contributed by atoms with Crippen molar-refractivity contribution in [1.29, 1.82) is 0 Å². The van der Waals surface area contributed by atoms with Gasteiger partial charge < -0.3 is 19.7 Å². The number of benzene rings is 2. The van der Waals surface area contributed by atoms with Crippen LogP contribution in [0.4, 0.5) is 0 Å². The van der Waals surface area contributed by atoms with Crippen LogP contribution in [-0.4, -0.2) is 34.0 Å². The lowest BCUT2D eigenvalue weighted by Gasteiger charge is -2.48. The second-order valence-electron chi connectivity index (χ2n) is 9.00. The first-order chi connectivity index (χ1) is 14.6. The van der Waals surface area contributed by atoms with E-state index in [0.717, 1.165) is 17.2 Å². The van der Waals surface area contributed by atoms with E-state index in [-0.39, 0.29) is 35.0 Å². The lowest BCUT2D eigenvalue weighted by atomic mass is 9.64. The van der Waals surface area contributed by atoms with Crippen molar-refractivity contribution in [1.82, 2.24) is 0 Å². The van der Waals surface area contributed by atoms with Crippen molar-refractivity contribution in [3.63, 3.8) is 0 Å². The Hall–Kier alpha value is -2.89. The zero-order valence-corrected chi connectivity index (χ0v) is 16.1. The molecule has 5 aliphatic rings. The van der Waals surface area contributed by atoms with Crippen molar-refractivity contribution in [2.45, 2.75) is 24.4 Å². The van der Waals surface area contributed by atoms with Crippen molar-refractivity contribution >= 4 is 16.6 Å². The summed E-state index contributed by atoms with van der Waals surface area (Å²) in [6.45, 7) is 0. The second-order valence-corrected chi connectivity index (χ2v) is 9.00. The van der Waals surface area contributed by atoms with Crippen molar-refractivity contribution in [3.05, 3.63) is 71.8 Å². The normalized spacial score (nSPS) is 36.7. The van der Waals surface area contributed by atoms with E-state index in [1.165, 1.54) is 6.08 Å². The summed E-state index contributed by atoms with van der Waals surface area (Å²) in [6, 6.07) is 11.5. The maximum absolute atomic E-state index is 12.9. The van der Waals surface area contributed by atoms with Crippen LogP contribution < -0.4 is 9.47 Å². The highest BCUT2D eigenvalue weighted by Gasteiger charge is 2.61. The third-order valence-electron chi connectivity index (χ3n) is 7.64. The van der Waals surface area contributed by atoms with Gasteiger partial charge in [-0.2, -0.15) is 0 Å². The molecule has 2 aromatic rings. The number of carbonyl (C=O) groups is 1. The van der Waals surface area contributed by atoms with Gasteiger partial charge in [0.25, 0.3) is 5.79 Å². The molecule has 0 aromatic heterocycles. The van der Waals surface area contributed by atoms with E-state index in [2.05, 4.69) is 12.2 Å². The number of ketones is 1. The van der Waals surface area contributed by atoms with Gasteiger partial charge in [0.05, 0.1) is 23.2 Å². The van der Waals surface area contributed by atoms with Crippen LogP contribution in [0.15, 0.2) is 71.8 Å². The maximum Gasteiger partial charge on any atom is 0.297 e. The Labute approximate surface area is 172 Å². The molecule has 1 heterocycles. The topological polar surface area (TPSA) is 76.0 Å². The number of carbonyl (C=O) groups excluding carboxylic acids is 1. The fourth-order valence-electron chi connectivity index (χ4n) is 6.50. The summed E-state index contributed by atoms with van der Waals surface area (Å²) in [5, 5.41) is 24.7. The Morgan fingerprint density at radius 3 is 2.20 bits per heavy atom. The first-order valence-corrected chi connectivity index (χ1v) is 10.5. The smallest absolute Gasteiger partial charge is 0.297 e. The summed E-state index contributed by atoms with van der Waals surface area (Å²) in [7, 11) is 0. The van der Waals surface area contributed by atoms with E-state index in [0.29, 0.717) is 17.1 Å². The highest BCUT2D eigenvalue weighted by atomic mass is 16.7. The van der Waals surface area contributed by atoms with Gasteiger partial charge >= 0.3 is 0 Å². The van der Waals surface area contributed by atoms with Gasteiger partial charge in [-0.15, -0.1) is 0 Å². The SMILES string of the molecule is O=C1C=CC2(Oc3cccc4cccc(c34)O2)C2=C1[C@@H](O)[C@@H]1[C@@H]([C@@H]3C=C[C@H]1C3)[C@H]2O. The Balaban J connectivity index is 1.44. The highest BCUT2D eigenvalue weighted by Crippen LogP contribution is 2.58. The molecule has 1 fully saturated rings. The second kappa shape index (κ2) is 5.42. The molecule has 2 N–H and O–H groups in total. The molecular formula is C25H20O5. The molecule has 1 spiro atoms. The van der Waals surface area contributed by atoms with Gasteiger partial charge in [0, 0.05) is 23.5 Å². The standard InChI is InChI=1S/C25H20O5/c26-15-9-10-25(29-16-5-1-3-12-4-2-6-17(30-25)18(12)16)22-21(15)23(27)19-13-7-8-14(11-13)20(19)24(22)28/h1-10,13-14,19-20,23-24,27-28H,11H2/t13-,14+,19-,20+,23-,24+/m0/s1. The number of aliphatic hydroxyl groups excluding tert-OH is 2. The third kappa shape index (κ3) is 1.88. The summed E-state index contributed by atoms with van der Waals surface area (Å²) in [6.07, 6.45) is 6.29. The maximum atomic E-state index is 12.9. The fourth-order valence-corrected chi connectivity index (χ4v) is 6.50. The van der Waals surface area contributed by atoms with Gasteiger partial charge in [0.15, 0.2) is 5.78 Å². The minimum Gasteiger partial charge on any atom is -0.444 e. The van der Waals surface area contributed by atoms with Gasteiger partial charge in [0.2, 0.25) is 0 Å². The predicted octanol–water partition coefficient (Wildman–Crippen LogP) is 2.92. The lowest BCUT2D eigenvalue weighted by molar-refractivity contribution is -0.119. The van der Waals surface area contributed by atoms with E-state index in [4.69, 9.17) is 9.47 Å². The van der Waals surface area contributed by atoms with E-state index in [1.807, 2.05) is 36.4 Å². The number of ether oxygens (including phenoxy) is 2. The van der Waals surface area contributed by atoms with Gasteiger partial charge in [0.1, 0.15) is 11.5 Å². The molecular weight excluding hydrogens is 380 g/mol. The van der Waals surface area contributed by atoms with Gasteiger partial charge in [-0.3, -0.25) is 4.79 Å². The molecule has 0 radical (unpaired) electrons. The minimum absolute atomic E-state index is 0.148. The molecule has 2 aromatic carbocycles. The molecule has 5 nitrogen and oxygen atoms in total. The van der Waals surface area contributed by atoms with Crippen molar-refractivity contribution in [2.75, 3.05) is 0 Å². The summed E-state index contributed by atoms with van der Waals surface area (Å²) in [5.74, 6) is -0.369. The van der Waals surface area contributed by atoms with Crippen LogP contribution in [0.3, 0.4) is 0 Å². The monoisotopic (exact) mass is 400 g/mol. The molecule has 6 atom stereocenters. The van der Waals surface area contributed by atoms with Crippen LogP contribution in [-0.2, 0) is 4.79 Å². The van der Waals surface area contributed by atoms with Crippen LogP contribution in [0.25, 0.3) is 10.8 Å². The van der Waals surface area contributed by atoms with Crippen LogP contribution in [0, 0.1) is 23.7 Å². The molecule has 0 amide bonds. The number of hydrogen-bond acceptors (Lipinski definition) is 5. The zero-order valence-electron chi connectivity index (χ0n) is 16.1. The summed E-state index contributed by atoms with van der Waals surface area (Å²) < 4.78 is 12.8. The summed E-state index contributed by atoms with van der Waals surface area (Å²) in [5.41, 5.74) is 0.593. The molecule has 150 valence electrons. The van der Waals surface area contributed by atoms with Gasteiger partial charge in [-0.1, -0.05) is 36.4 Å². The molecule has 0 saturated heterocycles. The molecule has 5 heteroatoms. The van der Waals surface area contributed by atoms with Crippen molar-refractivity contribution in [3.8, 4) is 11.5 Å². The molecule has 2 bridgehead atoms. The zero-order chi connectivity index (χ0) is 20.2. The number of rotatable bonds is 0. The first-order valence-electron chi connectivity index (χ1n) is 10.5. The number of hydrogen-bond donors (Lipinski definition) is 2. The van der Waals surface area contributed by atoms with Gasteiger partial charge in [-0.05, 0) is 41.9 Å². The summed E-state index contributed by atoms with van der Waals surface area (Å²) in [4.78, 5) is 12.9. The van der Waals surface area contributed by atoms with Crippen molar-refractivity contribution in [2.24, 2.45) is 23.7 Å². The van der Waals surface area contributed by atoms with E-state index < -0.39 is 18.0 Å². The number of fused-ring (bicyclic) bond motifs is 6. The quantitative estimate of drug-likeness (QED) is 0.665. The average Bonchev–Trinajstić information content (AvgIpc) is 3.36. The largest absolute Gasteiger partial charge is 0.444 e.